The summed E-state index contributed by atoms with van der Waals surface area (Å²) in [6.07, 6.45) is 6.84. The predicted molar refractivity (Wildman–Crippen MR) is 119 cm³/mol. The number of rotatable bonds is 7. The minimum absolute atomic E-state index is 0.472. The van der Waals surface area contributed by atoms with Crippen molar-refractivity contribution in [2.24, 2.45) is 0 Å². The lowest BCUT2D eigenvalue weighted by molar-refractivity contribution is -0.917. The summed E-state index contributed by atoms with van der Waals surface area (Å²) in [5, 5.41) is 6.13. The van der Waals surface area contributed by atoms with Gasteiger partial charge in [-0.05, 0) is 43.3 Å². The summed E-state index contributed by atoms with van der Waals surface area (Å²) in [6, 6.07) is 12.8. The summed E-state index contributed by atoms with van der Waals surface area (Å²) in [7, 11) is 2.19. The van der Waals surface area contributed by atoms with Gasteiger partial charge in [-0.15, -0.1) is 5.10 Å². The van der Waals surface area contributed by atoms with E-state index in [0.717, 1.165) is 40.5 Å². The Kier molecular flexibility index (Phi) is 5.00. The van der Waals surface area contributed by atoms with Gasteiger partial charge in [0.2, 0.25) is 4.77 Å². The lowest BCUT2D eigenvalue weighted by Gasteiger charge is -2.14. The molecule has 0 aliphatic heterocycles. The SMILES string of the molecule is CCc1oc2ccccc2c1C[NH+](C)Cn1nc(-c2ccncc2)n(C2CC2)c1=S. The van der Waals surface area contributed by atoms with Crippen molar-refractivity contribution in [3.63, 3.8) is 0 Å². The smallest absolute Gasteiger partial charge is 0.203 e. The van der Waals surface area contributed by atoms with Gasteiger partial charge in [0.15, 0.2) is 12.5 Å². The first kappa shape index (κ1) is 19.2. The number of aryl methyl sites for hydroxylation is 1. The molecule has 1 aliphatic rings. The third kappa shape index (κ3) is 3.48. The Morgan fingerprint density at radius 2 is 1.93 bits per heavy atom. The molecule has 1 N–H and O–H groups in total. The van der Waals surface area contributed by atoms with Crippen molar-refractivity contribution in [1.29, 1.82) is 0 Å². The van der Waals surface area contributed by atoms with Crippen LogP contribution in [0.25, 0.3) is 22.4 Å². The molecule has 0 amide bonds. The number of pyridine rings is 1. The Morgan fingerprint density at radius 1 is 1.17 bits per heavy atom. The number of hydrogen-bond acceptors (Lipinski definition) is 4. The second-order valence-corrected chi connectivity index (χ2v) is 8.45. The van der Waals surface area contributed by atoms with Gasteiger partial charge in [-0.2, -0.15) is 4.68 Å². The molecule has 0 radical (unpaired) electrons. The summed E-state index contributed by atoms with van der Waals surface area (Å²) in [5.74, 6) is 2.01. The van der Waals surface area contributed by atoms with Crippen LogP contribution in [0.1, 0.15) is 37.1 Å². The number of furan rings is 1. The van der Waals surface area contributed by atoms with Gasteiger partial charge in [0.05, 0.1) is 12.6 Å². The zero-order chi connectivity index (χ0) is 20.7. The van der Waals surface area contributed by atoms with E-state index in [2.05, 4.69) is 35.7 Å². The van der Waals surface area contributed by atoms with Crippen LogP contribution >= 0.6 is 12.2 Å². The second kappa shape index (κ2) is 7.81. The molecule has 3 aromatic heterocycles. The lowest BCUT2D eigenvalue weighted by Crippen LogP contribution is -3.07. The summed E-state index contributed by atoms with van der Waals surface area (Å²) in [5.41, 5.74) is 3.31. The Bertz CT molecular complexity index is 1240. The van der Waals surface area contributed by atoms with Gasteiger partial charge in [0.1, 0.15) is 17.9 Å². The first-order chi connectivity index (χ1) is 14.7. The normalized spacial score (nSPS) is 15.0. The zero-order valence-electron chi connectivity index (χ0n) is 17.3. The first-order valence-electron chi connectivity index (χ1n) is 10.6. The molecule has 1 aliphatic carbocycles. The maximum Gasteiger partial charge on any atom is 0.203 e. The van der Waals surface area contributed by atoms with Gasteiger partial charge in [-0.3, -0.25) is 9.55 Å². The average molecular weight is 421 g/mol. The van der Waals surface area contributed by atoms with Crippen molar-refractivity contribution < 1.29 is 9.32 Å². The molecule has 1 aromatic carbocycles. The Morgan fingerprint density at radius 3 is 2.67 bits per heavy atom. The monoisotopic (exact) mass is 420 g/mol. The molecule has 154 valence electrons. The molecule has 1 atom stereocenters. The van der Waals surface area contributed by atoms with Crippen molar-refractivity contribution in [2.75, 3.05) is 7.05 Å². The minimum atomic E-state index is 0.472. The molecular weight excluding hydrogens is 394 g/mol. The Hall–Kier alpha value is -2.77. The van der Waals surface area contributed by atoms with E-state index in [1.54, 1.807) is 0 Å². The largest absolute Gasteiger partial charge is 0.461 e. The highest BCUT2D eigenvalue weighted by atomic mass is 32.1. The maximum atomic E-state index is 6.08. The van der Waals surface area contributed by atoms with Crippen LogP contribution in [-0.2, 0) is 19.6 Å². The van der Waals surface area contributed by atoms with Crippen molar-refractivity contribution in [3.8, 4) is 11.4 Å². The summed E-state index contributed by atoms with van der Waals surface area (Å²) < 4.78 is 11.1. The number of nitrogens with one attached hydrogen (secondary N) is 1. The second-order valence-electron chi connectivity index (χ2n) is 8.09. The number of para-hydroxylation sites is 1. The molecule has 1 unspecified atom stereocenters. The molecule has 30 heavy (non-hydrogen) atoms. The molecule has 0 saturated heterocycles. The third-order valence-electron chi connectivity index (χ3n) is 5.72. The number of benzene rings is 1. The van der Waals surface area contributed by atoms with Gasteiger partial charge in [-0.1, -0.05) is 25.1 Å². The molecule has 5 rings (SSSR count). The first-order valence-corrected chi connectivity index (χ1v) is 11.0. The average Bonchev–Trinajstić information content (AvgIpc) is 3.47. The Balaban J connectivity index is 1.45. The molecule has 3 heterocycles. The number of nitrogens with zero attached hydrogens (tertiary/aromatic N) is 4. The number of quaternary nitrogens is 1. The molecule has 7 heteroatoms. The summed E-state index contributed by atoms with van der Waals surface area (Å²) >= 11 is 5.84. The van der Waals surface area contributed by atoms with E-state index in [0.29, 0.717) is 12.7 Å². The molecular formula is C23H26N5OS+. The topological polar surface area (TPSA) is 53.2 Å². The highest BCUT2D eigenvalue weighted by molar-refractivity contribution is 7.71. The van der Waals surface area contributed by atoms with Gasteiger partial charge < -0.3 is 9.32 Å². The maximum absolute atomic E-state index is 6.08. The van der Waals surface area contributed by atoms with Crippen LogP contribution in [0, 0.1) is 4.77 Å². The molecule has 1 fully saturated rings. The molecule has 1 saturated carbocycles. The van der Waals surface area contributed by atoms with Crippen LogP contribution < -0.4 is 4.90 Å². The van der Waals surface area contributed by atoms with E-state index in [9.17, 15) is 0 Å². The standard InChI is InChI=1S/C23H25N5OS/c1-3-20-19(18-6-4-5-7-21(18)29-20)14-26(2)15-27-23(30)28(17-8-9-17)22(25-27)16-10-12-24-13-11-16/h4-7,10-13,17H,3,8-9,14-15H2,1-2H3/p+1. The fourth-order valence-electron chi connectivity index (χ4n) is 4.13. The van der Waals surface area contributed by atoms with Crippen LogP contribution in [0.4, 0.5) is 0 Å². The zero-order valence-corrected chi connectivity index (χ0v) is 18.2. The third-order valence-corrected chi connectivity index (χ3v) is 6.13. The number of hydrogen-bond donors (Lipinski definition) is 1. The van der Waals surface area contributed by atoms with Crippen molar-refractivity contribution in [2.45, 2.75) is 45.4 Å². The van der Waals surface area contributed by atoms with Crippen LogP contribution in [0.15, 0.2) is 53.2 Å². The quantitative estimate of drug-likeness (QED) is 0.462. The van der Waals surface area contributed by atoms with E-state index >= 15 is 0 Å². The minimum Gasteiger partial charge on any atom is -0.461 e. The van der Waals surface area contributed by atoms with Gasteiger partial charge in [0.25, 0.3) is 0 Å². The molecule has 0 spiro atoms. The van der Waals surface area contributed by atoms with E-state index < -0.39 is 0 Å². The van der Waals surface area contributed by atoms with E-state index in [-0.39, 0.29) is 0 Å². The number of fused-ring (bicyclic) bond motifs is 1. The summed E-state index contributed by atoms with van der Waals surface area (Å²) in [4.78, 5) is 5.45. The van der Waals surface area contributed by atoms with Gasteiger partial charge >= 0.3 is 0 Å². The van der Waals surface area contributed by atoms with Crippen molar-refractivity contribution in [1.82, 2.24) is 19.3 Å². The van der Waals surface area contributed by atoms with Gasteiger partial charge in [-0.25, -0.2) is 0 Å². The predicted octanol–water partition coefficient (Wildman–Crippen LogP) is 3.79. The fourth-order valence-corrected chi connectivity index (χ4v) is 4.47. The lowest BCUT2D eigenvalue weighted by atomic mass is 10.1. The highest BCUT2D eigenvalue weighted by Crippen LogP contribution is 2.38. The summed E-state index contributed by atoms with van der Waals surface area (Å²) in [6.45, 7) is 3.72. The van der Waals surface area contributed by atoms with Crippen molar-refractivity contribution >= 4 is 23.2 Å². The van der Waals surface area contributed by atoms with Gasteiger partial charge in [0, 0.05) is 35.8 Å². The Labute approximate surface area is 180 Å². The van der Waals surface area contributed by atoms with E-state index in [4.69, 9.17) is 21.7 Å². The van der Waals surface area contributed by atoms with Crippen molar-refractivity contribution in [3.05, 3.63) is 64.9 Å². The molecule has 6 nitrogen and oxygen atoms in total. The highest BCUT2D eigenvalue weighted by Gasteiger charge is 2.29. The molecule has 4 aromatic rings. The van der Waals surface area contributed by atoms with Crippen LogP contribution in [-0.4, -0.2) is 26.4 Å². The van der Waals surface area contributed by atoms with Crippen LogP contribution in [0.5, 0.6) is 0 Å². The van der Waals surface area contributed by atoms with Crippen LogP contribution in [0.3, 0.4) is 0 Å². The number of aromatic nitrogens is 4. The van der Waals surface area contributed by atoms with Crippen LogP contribution in [0.2, 0.25) is 0 Å². The van der Waals surface area contributed by atoms with E-state index in [1.807, 2.05) is 41.3 Å². The van der Waals surface area contributed by atoms with E-state index in [1.165, 1.54) is 28.7 Å². The molecule has 0 bridgehead atoms. The fraction of sp³-hybridized carbons (Fsp3) is 0.348.